The van der Waals surface area contributed by atoms with Crippen LogP contribution in [0.1, 0.15) is 25.7 Å². The van der Waals surface area contributed by atoms with E-state index in [-0.39, 0.29) is 12.6 Å². The molecule has 6 nitrogen and oxygen atoms in total. The molecule has 1 N–H and O–H groups in total. The van der Waals surface area contributed by atoms with Crippen LogP contribution in [-0.4, -0.2) is 78.1 Å². The van der Waals surface area contributed by atoms with E-state index in [0.717, 1.165) is 38.8 Å². The van der Waals surface area contributed by atoms with Crippen molar-refractivity contribution in [2.45, 2.75) is 31.7 Å². The molecule has 1 saturated carbocycles. The Morgan fingerprint density at radius 2 is 1.75 bits per heavy atom. The van der Waals surface area contributed by atoms with Gasteiger partial charge in [0.1, 0.15) is 6.54 Å². The van der Waals surface area contributed by atoms with Crippen molar-refractivity contribution in [2.75, 3.05) is 40.3 Å². The minimum absolute atomic E-state index is 0.100. The van der Waals surface area contributed by atoms with Crippen molar-refractivity contribution in [1.29, 1.82) is 0 Å². The average Bonchev–Trinajstić information content (AvgIpc) is 3.20. The molecule has 6 heteroatoms. The van der Waals surface area contributed by atoms with Gasteiger partial charge in [0.25, 0.3) is 0 Å². The Kier molecular flexibility index (Phi) is 4.86. The fraction of sp³-hybridized carbons (Fsp3) is 0.857. The number of carboxylic acids is 1. The second-order valence-electron chi connectivity index (χ2n) is 6.18. The van der Waals surface area contributed by atoms with Crippen LogP contribution in [-0.2, 0) is 4.79 Å². The van der Waals surface area contributed by atoms with Gasteiger partial charge in [0.05, 0.1) is 0 Å². The zero-order valence-corrected chi connectivity index (χ0v) is 12.4. The third-order valence-corrected chi connectivity index (χ3v) is 4.24. The topological polar surface area (TPSA) is 64.1 Å². The minimum atomic E-state index is -0.929. The Balaban J connectivity index is 1.88. The number of hydrogen-bond donors (Lipinski definition) is 1. The van der Waals surface area contributed by atoms with Gasteiger partial charge in [-0.2, -0.15) is 0 Å². The molecule has 114 valence electrons. The van der Waals surface area contributed by atoms with Crippen molar-refractivity contribution < 1.29 is 14.7 Å². The van der Waals surface area contributed by atoms with E-state index < -0.39 is 5.97 Å². The van der Waals surface area contributed by atoms with Crippen LogP contribution in [0.5, 0.6) is 0 Å². The number of carbonyl (C=O) groups excluding carboxylic acids is 1. The van der Waals surface area contributed by atoms with Crippen molar-refractivity contribution in [1.82, 2.24) is 14.7 Å². The molecule has 1 heterocycles. The first kappa shape index (κ1) is 15.1. The van der Waals surface area contributed by atoms with Gasteiger partial charge in [0.15, 0.2) is 0 Å². The highest BCUT2D eigenvalue weighted by Crippen LogP contribution is 2.30. The van der Waals surface area contributed by atoms with Crippen LogP contribution in [0.15, 0.2) is 0 Å². The van der Waals surface area contributed by atoms with E-state index >= 15 is 0 Å². The summed E-state index contributed by atoms with van der Waals surface area (Å²) in [5, 5.41) is 8.96. The van der Waals surface area contributed by atoms with Crippen molar-refractivity contribution in [3.63, 3.8) is 0 Å². The number of likely N-dealkylation sites (tertiary alicyclic amines) is 1. The number of carboxylic acid groups (broad SMARTS) is 1. The molecular formula is C14H25N3O3. The Bertz CT molecular complexity index is 361. The van der Waals surface area contributed by atoms with E-state index in [2.05, 4.69) is 19.0 Å². The first-order valence-electron chi connectivity index (χ1n) is 7.39. The molecule has 2 rings (SSSR count). The number of rotatable bonds is 5. The number of amides is 2. The van der Waals surface area contributed by atoms with Gasteiger partial charge in [-0.1, -0.05) is 0 Å². The summed E-state index contributed by atoms with van der Waals surface area (Å²) in [6.45, 7) is 1.87. The fourth-order valence-corrected chi connectivity index (χ4v) is 2.76. The summed E-state index contributed by atoms with van der Waals surface area (Å²) in [6, 6.07) is 0.423. The number of aliphatic carboxylic acids is 1. The van der Waals surface area contributed by atoms with Crippen LogP contribution in [0.2, 0.25) is 0 Å². The van der Waals surface area contributed by atoms with Gasteiger partial charge in [0.2, 0.25) is 0 Å². The fourth-order valence-electron chi connectivity index (χ4n) is 2.76. The molecule has 0 atom stereocenters. The van der Waals surface area contributed by atoms with Crippen LogP contribution in [0, 0.1) is 5.92 Å². The number of carbonyl (C=O) groups is 2. The molecule has 1 saturated heterocycles. The number of urea groups is 1. The third kappa shape index (κ3) is 4.10. The molecule has 0 unspecified atom stereocenters. The SMILES string of the molecule is CN(C)C1CCN(C(=O)N(CC(=O)O)CC2CC2)CC1. The van der Waals surface area contributed by atoms with Crippen LogP contribution < -0.4 is 0 Å². The smallest absolute Gasteiger partial charge is 0.323 e. The maximum absolute atomic E-state index is 12.4. The summed E-state index contributed by atoms with van der Waals surface area (Å²) < 4.78 is 0. The lowest BCUT2D eigenvalue weighted by Gasteiger charge is -2.37. The minimum Gasteiger partial charge on any atom is -0.480 e. The molecule has 0 bridgehead atoms. The lowest BCUT2D eigenvalue weighted by atomic mass is 10.0. The van der Waals surface area contributed by atoms with Crippen molar-refractivity contribution in [2.24, 2.45) is 5.92 Å². The van der Waals surface area contributed by atoms with Crippen molar-refractivity contribution >= 4 is 12.0 Å². The van der Waals surface area contributed by atoms with Gasteiger partial charge in [-0.3, -0.25) is 4.79 Å². The second kappa shape index (κ2) is 6.43. The summed E-state index contributed by atoms with van der Waals surface area (Å²) in [4.78, 5) is 28.9. The van der Waals surface area contributed by atoms with Crippen LogP contribution in [0.25, 0.3) is 0 Å². The van der Waals surface area contributed by atoms with Gasteiger partial charge < -0.3 is 19.8 Å². The van der Waals surface area contributed by atoms with Gasteiger partial charge in [0, 0.05) is 25.7 Å². The number of hydrogen-bond acceptors (Lipinski definition) is 3. The Labute approximate surface area is 120 Å². The molecule has 2 fully saturated rings. The Hall–Kier alpha value is -1.30. The lowest BCUT2D eigenvalue weighted by Crippen LogP contribution is -2.51. The maximum Gasteiger partial charge on any atom is 0.323 e. The third-order valence-electron chi connectivity index (χ3n) is 4.24. The highest BCUT2D eigenvalue weighted by atomic mass is 16.4. The van der Waals surface area contributed by atoms with Gasteiger partial charge in [-0.05, 0) is 45.7 Å². The largest absolute Gasteiger partial charge is 0.480 e. The van der Waals surface area contributed by atoms with Crippen molar-refractivity contribution in [3.05, 3.63) is 0 Å². The normalized spacial score (nSPS) is 20.2. The van der Waals surface area contributed by atoms with Gasteiger partial charge >= 0.3 is 12.0 Å². The van der Waals surface area contributed by atoms with E-state index in [1.54, 1.807) is 0 Å². The molecule has 0 aromatic carbocycles. The summed E-state index contributed by atoms with van der Waals surface area (Å²) >= 11 is 0. The molecule has 2 aliphatic rings. The molecule has 2 amide bonds. The molecule has 1 aliphatic carbocycles. The zero-order valence-electron chi connectivity index (χ0n) is 12.4. The monoisotopic (exact) mass is 283 g/mol. The summed E-state index contributed by atoms with van der Waals surface area (Å²) in [6.07, 6.45) is 4.16. The summed E-state index contributed by atoms with van der Waals surface area (Å²) in [7, 11) is 4.12. The Morgan fingerprint density at radius 1 is 1.15 bits per heavy atom. The second-order valence-corrected chi connectivity index (χ2v) is 6.18. The zero-order chi connectivity index (χ0) is 14.7. The molecular weight excluding hydrogens is 258 g/mol. The molecule has 0 aromatic rings. The van der Waals surface area contributed by atoms with E-state index in [9.17, 15) is 9.59 Å². The van der Waals surface area contributed by atoms with E-state index in [0.29, 0.717) is 18.5 Å². The first-order valence-corrected chi connectivity index (χ1v) is 7.39. The molecule has 1 aliphatic heterocycles. The quantitative estimate of drug-likeness (QED) is 0.815. The van der Waals surface area contributed by atoms with E-state index in [4.69, 9.17) is 5.11 Å². The highest BCUT2D eigenvalue weighted by molar-refractivity contribution is 5.80. The molecule has 0 aromatic heterocycles. The Morgan fingerprint density at radius 3 is 2.20 bits per heavy atom. The first-order chi connectivity index (χ1) is 9.47. The lowest BCUT2D eigenvalue weighted by molar-refractivity contribution is -0.137. The predicted molar refractivity (Wildman–Crippen MR) is 75.6 cm³/mol. The summed E-state index contributed by atoms with van der Waals surface area (Å²) in [5.74, 6) is -0.417. The summed E-state index contributed by atoms with van der Waals surface area (Å²) in [5.41, 5.74) is 0. The van der Waals surface area contributed by atoms with Crippen LogP contribution in [0.4, 0.5) is 4.79 Å². The number of piperidine rings is 1. The maximum atomic E-state index is 12.4. The van der Waals surface area contributed by atoms with E-state index in [1.807, 2.05) is 4.90 Å². The van der Waals surface area contributed by atoms with Crippen LogP contribution in [0.3, 0.4) is 0 Å². The number of nitrogens with zero attached hydrogens (tertiary/aromatic N) is 3. The predicted octanol–water partition coefficient (Wildman–Crippen LogP) is 0.929. The average molecular weight is 283 g/mol. The van der Waals surface area contributed by atoms with Crippen molar-refractivity contribution in [3.8, 4) is 0 Å². The molecule has 20 heavy (non-hydrogen) atoms. The van der Waals surface area contributed by atoms with Gasteiger partial charge in [-0.25, -0.2) is 4.79 Å². The highest BCUT2D eigenvalue weighted by Gasteiger charge is 2.32. The van der Waals surface area contributed by atoms with E-state index in [1.165, 1.54) is 4.90 Å². The van der Waals surface area contributed by atoms with Crippen LogP contribution >= 0.6 is 0 Å². The molecule has 0 spiro atoms. The molecule has 0 radical (unpaired) electrons. The van der Waals surface area contributed by atoms with Gasteiger partial charge in [-0.15, -0.1) is 0 Å². The standard InChI is InChI=1S/C14H25N3O3/c1-15(2)12-5-7-16(8-6-12)14(20)17(10-13(18)19)9-11-3-4-11/h11-12H,3-10H2,1-2H3,(H,18,19).